The Balaban J connectivity index is 2.57. The zero-order chi connectivity index (χ0) is 21.4. The molecule has 29 heavy (non-hydrogen) atoms. The number of ether oxygens (including phenoxy) is 4. The van der Waals surface area contributed by atoms with Crippen LogP contribution >= 0.6 is 0 Å². The molecule has 2 rings (SSSR count). The Kier molecular flexibility index (Phi) is 7.41. The summed E-state index contributed by atoms with van der Waals surface area (Å²) in [6.45, 7) is 0. The third-order valence-electron chi connectivity index (χ3n) is 3.84. The van der Waals surface area contributed by atoms with Crippen molar-refractivity contribution in [2.24, 2.45) is 0 Å². The highest BCUT2D eigenvalue weighted by Crippen LogP contribution is 2.40. The zero-order valence-electron chi connectivity index (χ0n) is 16.4. The van der Waals surface area contributed by atoms with Crippen molar-refractivity contribution in [2.75, 3.05) is 28.4 Å². The largest absolute Gasteiger partial charge is 0.493 e. The lowest BCUT2D eigenvalue weighted by Gasteiger charge is -2.16. The predicted octanol–water partition coefficient (Wildman–Crippen LogP) is 2.78. The summed E-state index contributed by atoms with van der Waals surface area (Å²) >= 11 is 0. The molecular formula is C20H21FN2O6. The van der Waals surface area contributed by atoms with Crippen LogP contribution in [0.2, 0.25) is 0 Å². The fraction of sp³-hybridized carbons (Fsp3) is 0.200. The van der Waals surface area contributed by atoms with Gasteiger partial charge in [0, 0.05) is 5.57 Å². The number of nitrogens with one attached hydrogen (secondary N) is 2. The third-order valence-corrected chi connectivity index (χ3v) is 3.84. The maximum absolute atomic E-state index is 13.6. The molecule has 0 saturated heterocycles. The van der Waals surface area contributed by atoms with Gasteiger partial charge in [-0.15, -0.1) is 0 Å². The lowest BCUT2D eigenvalue weighted by Crippen LogP contribution is -2.41. The SMILES string of the molecule is COC(=O)NNC(=O)/C(=C/c1cccc(F)c1)c1cc(OC)c(OC)c(OC)c1. The number of carbonyl (C=O) groups excluding carboxylic acids is 2. The summed E-state index contributed by atoms with van der Waals surface area (Å²) in [5.74, 6) is -0.150. The van der Waals surface area contributed by atoms with Gasteiger partial charge in [0.2, 0.25) is 5.75 Å². The minimum absolute atomic E-state index is 0.103. The first-order chi connectivity index (χ1) is 13.9. The van der Waals surface area contributed by atoms with Crippen molar-refractivity contribution in [1.82, 2.24) is 10.9 Å². The van der Waals surface area contributed by atoms with Gasteiger partial charge in [-0.2, -0.15) is 0 Å². The van der Waals surface area contributed by atoms with E-state index in [1.165, 1.54) is 45.6 Å². The molecule has 0 fully saturated rings. The maximum atomic E-state index is 13.6. The Morgan fingerprint density at radius 1 is 0.931 bits per heavy atom. The molecule has 0 saturated carbocycles. The first-order valence-corrected chi connectivity index (χ1v) is 8.35. The van der Waals surface area contributed by atoms with Crippen LogP contribution in [0.3, 0.4) is 0 Å². The molecule has 0 unspecified atom stereocenters. The molecule has 2 aromatic carbocycles. The summed E-state index contributed by atoms with van der Waals surface area (Å²) in [5.41, 5.74) is 5.25. The van der Waals surface area contributed by atoms with Crippen molar-refractivity contribution in [3.8, 4) is 17.2 Å². The summed E-state index contributed by atoms with van der Waals surface area (Å²) in [7, 11) is 5.49. The van der Waals surface area contributed by atoms with Crippen LogP contribution in [0.4, 0.5) is 9.18 Å². The molecule has 0 aliphatic carbocycles. The van der Waals surface area contributed by atoms with Gasteiger partial charge < -0.3 is 18.9 Å². The highest BCUT2D eigenvalue weighted by atomic mass is 19.1. The minimum Gasteiger partial charge on any atom is -0.493 e. The molecule has 0 spiro atoms. The van der Waals surface area contributed by atoms with Crippen molar-refractivity contribution in [1.29, 1.82) is 0 Å². The number of hydrazine groups is 1. The van der Waals surface area contributed by atoms with E-state index in [1.807, 2.05) is 0 Å². The van der Waals surface area contributed by atoms with Crippen LogP contribution in [0, 0.1) is 5.82 Å². The average Bonchev–Trinajstić information content (AvgIpc) is 2.74. The molecule has 2 aromatic rings. The summed E-state index contributed by atoms with van der Waals surface area (Å²) in [5, 5.41) is 0. The van der Waals surface area contributed by atoms with Gasteiger partial charge in [-0.05, 0) is 41.5 Å². The van der Waals surface area contributed by atoms with Crippen molar-refractivity contribution < 1.29 is 32.9 Å². The Hall–Kier alpha value is -3.75. The summed E-state index contributed by atoms with van der Waals surface area (Å²) in [6.07, 6.45) is 0.603. The minimum atomic E-state index is -0.853. The van der Waals surface area contributed by atoms with Crippen LogP contribution in [0.1, 0.15) is 11.1 Å². The lowest BCUT2D eigenvalue weighted by atomic mass is 10.0. The monoisotopic (exact) mass is 404 g/mol. The smallest absolute Gasteiger partial charge is 0.425 e. The molecular weight excluding hydrogens is 383 g/mol. The lowest BCUT2D eigenvalue weighted by molar-refractivity contribution is -0.116. The summed E-state index contributed by atoms with van der Waals surface area (Å²) in [4.78, 5) is 24.0. The predicted molar refractivity (Wildman–Crippen MR) is 104 cm³/mol. The standard InChI is InChI=1S/C20H21FN2O6/c1-26-16-10-13(11-17(27-2)18(16)28-3)15(19(24)22-23-20(25)29-4)9-12-6-5-7-14(21)8-12/h5-11H,1-4H3,(H,22,24)(H,23,25)/b15-9+. The van der Waals surface area contributed by atoms with Crippen LogP contribution in [-0.4, -0.2) is 40.4 Å². The number of hydrogen-bond donors (Lipinski definition) is 2. The van der Waals surface area contributed by atoms with E-state index in [0.29, 0.717) is 28.4 Å². The number of benzene rings is 2. The number of halogens is 1. The third kappa shape index (κ3) is 5.38. The van der Waals surface area contributed by atoms with E-state index in [2.05, 4.69) is 15.6 Å². The van der Waals surface area contributed by atoms with Gasteiger partial charge in [-0.3, -0.25) is 10.2 Å². The average molecular weight is 404 g/mol. The second-order valence-electron chi connectivity index (χ2n) is 5.60. The number of rotatable bonds is 6. The Morgan fingerprint density at radius 3 is 2.10 bits per heavy atom. The van der Waals surface area contributed by atoms with Crippen molar-refractivity contribution in [3.63, 3.8) is 0 Å². The molecule has 0 aliphatic rings. The molecule has 9 heteroatoms. The van der Waals surface area contributed by atoms with Gasteiger partial charge in [0.05, 0.1) is 28.4 Å². The van der Waals surface area contributed by atoms with E-state index in [0.717, 1.165) is 7.11 Å². The number of hydrogen-bond acceptors (Lipinski definition) is 6. The van der Waals surface area contributed by atoms with E-state index < -0.39 is 17.8 Å². The van der Waals surface area contributed by atoms with Gasteiger partial charge in [0.25, 0.3) is 5.91 Å². The zero-order valence-corrected chi connectivity index (χ0v) is 16.4. The van der Waals surface area contributed by atoms with E-state index in [9.17, 15) is 14.0 Å². The number of amides is 2. The van der Waals surface area contributed by atoms with Crippen LogP contribution < -0.4 is 25.1 Å². The topological polar surface area (TPSA) is 95.1 Å². The number of carbonyl (C=O) groups is 2. The Bertz CT molecular complexity index is 904. The molecule has 0 heterocycles. The van der Waals surface area contributed by atoms with Gasteiger partial charge in [-0.1, -0.05) is 12.1 Å². The van der Waals surface area contributed by atoms with Crippen molar-refractivity contribution in [2.45, 2.75) is 0 Å². The molecule has 2 amide bonds. The number of methoxy groups -OCH3 is 4. The van der Waals surface area contributed by atoms with E-state index in [4.69, 9.17) is 14.2 Å². The Labute approximate surface area is 167 Å². The highest BCUT2D eigenvalue weighted by molar-refractivity contribution is 6.24. The molecule has 0 radical (unpaired) electrons. The van der Waals surface area contributed by atoms with Crippen molar-refractivity contribution >= 4 is 23.6 Å². The quantitative estimate of drug-likeness (QED) is 0.437. The molecule has 0 bridgehead atoms. The first-order valence-electron chi connectivity index (χ1n) is 8.35. The van der Waals surface area contributed by atoms with Crippen LogP contribution in [0.25, 0.3) is 11.6 Å². The normalized spacial score (nSPS) is 10.7. The van der Waals surface area contributed by atoms with Gasteiger partial charge in [0.1, 0.15) is 5.82 Å². The molecule has 2 N–H and O–H groups in total. The maximum Gasteiger partial charge on any atom is 0.425 e. The molecule has 8 nitrogen and oxygen atoms in total. The molecule has 0 atom stereocenters. The van der Waals surface area contributed by atoms with E-state index in [-0.39, 0.29) is 5.57 Å². The van der Waals surface area contributed by atoms with Gasteiger partial charge in [0.15, 0.2) is 11.5 Å². The first kappa shape index (κ1) is 21.5. The van der Waals surface area contributed by atoms with Crippen molar-refractivity contribution in [3.05, 3.63) is 53.3 Å². The van der Waals surface area contributed by atoms with Crippen LogP contribution in [0.15, 0.2) is 36.4 Å². The van der Waals surface area contributed by atoms with Gasteiger partial charge in [-0.25, -0.2) is 14.6 Å². The molecule has 0 aromatic heterocycles. The Morgan fingerprint density at radius 2 is 1.59 bits per heavy atom. The fourth-order valence-electron chi connectivity index (χ4n) is 2.51. The molecule has 154 valence electrons. The van der Waals surface area contributed by atoms with Gasteiger partial charge >= 0.3 is 6.09 Å². The van der Waals surface area contributed by atoms with E-state index in [1.54, 1.807) is 18.2 Å². The van der Waals surface area contributed by atoms with Crippen LogP contribution in [0.5, 0.6) is 17.2 Å². The van der Waals surface area contributed by atoms with E-state index >= 15 is 0 Å². The van der Waals surface area contributed by atoms with Crippen LogP contribution in [-0.2, 0) is 9.53 Å². The second-order valence-corrected chi connectivity index (χ2v) is 5.60. The second kappa shape index (κ2) is 9.98. The summed E-state index contributed by atoms with van der Waals surface area (Å²) in [6, 6.07) is 8.81. The summed E-state index contributed by atoms with van der Waals surface area (Å²) < 4.78 is 34.0. The fourth-order valence-corrected chi connectivity index (χ4v) is 2.51. The highest BCUT2D eigenvalue weighted by Gasteiger charge is 2.20. The molecule has 0 aliphatic heterocycles.